The maximum atomic E-state index is 13.1. The molecule has 1 saturated heterocycles. The average Bonchev–Trinajstić information content (AvgIpc) is 2.93. The number of aryl methyl sites for hydroxylation is 2. The Hall–Kier alpha value is -2.37. The van der Waals surface area contributed by atoms with Gasteiger partial charge >= 0.3 is 0 Å². The molecule has 1 amide bonds. The number of benzene rings is 1. The van der Waals surface area contributed by atoms with Gasteiger partial charge in [0.05, 0.1) is 17.7 Å². The van der Waals surface area contributed by atoms with Crippen LogP contribution in [0.3, 0.4) is 0 Å². The van der Waals surface area contributed by atoms with Gasteiger partial charge in [0.15, 0.2) is 0 Å². The highest BCUT2D eigenvalue weighted by atomic mass is 16.5. The van der Waals surface area contributed by atoms with Crippen LogP contribution in [0.15, 0.2) is 24.3 Å². The molecule has 3 rings (SSSR count). The largest absolute Gasteiger partial charge is 0.490 e. The first-order valence-corrected chi connectivity index (χ1v) is 8.90. The van der Waals surface area contributed by atoms with Crippen molar-refractivity contribution in [2.75, 3.05) is 13.1 Å². The van der Waals surface area contributed by atoms with Crippen molar-refractivity contribution in [3.63, 3.8) is 0 Å². The second-order valence-electron chi connectivity index (χ2n) is 6.86. The minimum Gasteiger partial charge on any atom is -0.490 e. The SMILES string of the molecule is Cc1nc(C)n([C@H]2CCCN(C(=O)c3ccccc3OC(C)C)C2)n1. The number of piperidine rings is 1. The van der Waals surface area contributed by atoms with Crippen LogP contribution in [0.5, 0.6) is 5.75 Å². The molecular weight excluding hydrogens is 316 g/mol. The lowest BCUT2D eigenvalue weighted by atomic mass is 10.0. The lowest BCUT2D eigenvalue weighted by Gasteiger charge is -2.33. The first-order valence-electron chi connectivity index (χ1n) is 8.90. The summed E-state index contributed by atoms with van der Waals surface area (Å²) in [5.74, 6) is 2.35. The molecule has 1 aliphatic rings. The Kier molecular flexibility index (Phi) is 5.06. The fourth-order valence-corrected chi connectivity index (χ4v) is 3.39. The summed E-state index contributed by atoms with van der Waals surface area (Å²) >= 11 is 0. The minimum absolute atomic E-state index is 0.0236. The Balaban J connectivity index is 1.80. The molecule has 1 atom stereocenters. The van der Waals surface area contributed by atoms with E-state index in [1.165, 1.54) is 0 Å². The molecule has 2 aromatic rings. The van der Waals surface area contributed by atoms with Gasteiger partial charge in [0.2, 0.25) is 0 Å². The van der Waals surface area contributed by atoms with Gasteiger partial charge in [-0.05, 0) is 52.7 Å². The van der Waals surface area contributed by atoms with Crippen molar-refractivity contribution in [2.24, 2.45) is 0 Å². The van der Waals surface area contributed by atoms with Crippen LogP contribution >= 0.6 is 0 Å². The van der Waals surface area contributed by atoms with Crippen LogP contribution in [0, 0.1) is 13.8 Å². The van der Waals surface area contributed by atoms with E-state index in [2.05, 4.69) is 10.1 Å². The molecule has 6 heteroatoms. The monoisotopic (exact) mass is 342 g/mol. The number of amides is 1. The van der Waals surface area contributed by atoms with E-state index in [1.807, 2.05) is 61.5 Å². The number of carbonyl (C=O) groups is 1. The van der Waals surface area contributed by atoms with Gasteiger partial charge in [0.1, 0.15) is 17.4 Å². The molecule has 1 aromatic carbocycles. The predicted octanol–water partition coefficient (Wildman–Crippen LogP) is 3.16. The normalized spacial score (nSPS) is 17.8. The van der Waals surface area contributed by atoms with Crippen molar-refractivity contribution >= 4 is 5.91 Å². The van der Waals surface area contributed by atoms with Crippen LogP contribution in [0.2, 0.25) is 0 Å². The van der Waals surface area contributed by atoms with E-state index < -0.39 is 0 Å². The quantitative estimate of drug-likeness (QED) is 0.856. The highest BCUT2D eigenvalue weighted by Crippen LogP contribution is 2.26. The van der Waals surface area contributed by atoms with E-state index in [0.29, 0.717) is 17.9 Å². The third-order valence-corrected chi connectivity index (χ3v) is 4.42. The summed E-state index contributed by atoms with van der Waals surface area (Å²) in [6.45, 7) is 9.21. The van der Waals surface area contributed by atoms with Crippen molar-refractivity contribution in [1.82, 2.24) is 19.7 Å². The number of aromatic nitrogens is 3. The Bertz CT molecular complexity index is 754. The number of carbonyl (C=O) groups excluding carboxylic acids is 1. The van der Waals surface area contributed by atoms with Crippen LogP contribution in [-0.4, -0.2) is 44.8 Å². The fourth-order valence-electron chi connectivity index (χ4n) is 3.39. The number of para-hydroxylation sites is 1. The molecule has 0 aliphatic carbocycles. The van der Waals surface area contributed by atoms with E-state index >= 15 is 0 Å². The Morgan fingerprint density at radius 2 is 2.04 bits per heavy atom. The average molecular weight is 342 g/mol. The first-order chi connectivity index (χ1) is 12.0. The minimum atomic E-state index is 0.0236. The number of hydrogen-bond acceptors (Lipinski definition) is 4. The van der Waals surface area contributed by atoms with Crippen molar-refractivity contribution in [2.45, 2.75) is 52.7 Å². The molecule has 134 valence electrons. The molecular formula is C19H26N4O2. The van der Waals surface area contributed by atoms with E-state index in [1.54, 1.807) is 0 Å². The summed E-state index contributed by atoms with van der Waals surface area (Å²) in [5.41, 5.74) is 0.628. The second-order valence-corrected chi connectivity index (χ2v) is 6.86. The summed E-state index contributed by atoms with van der Waals surface area (Å²) in [7, 11) is 0. The van der Waals surface area contributed by atoms with Gasteiger partial charge in [-0.2, -0.15) is 5.10 Å². The number of likely N-dealkylation sites (tertiary alicyclic amines) is 1. The van der Waals surface area contributed by atoms with Crippen LogP contribution < -0.4 is 4.74 Å². The Morgan fingerprint density at radius 3 is 2.72 bits per heavy atom. The molecule has 0 bridgehead atoms. The summed E-state index contributed by atoms with van der Waals surface area (Å²) in [4.78, 5) is 19.4. The number of hydrogen-bond donors (Lipinski definition) is 0. The van der Waals surface area contributed by atoms with Gasteiger partial charge in [-0.25, -0.2) is 9.67 Å². The van der Waals surface area contributed by atoms with E-state index in [-0.39, 0.29) is 18.1 Å². The van der Waals surface area contributed by atoms with Crippen LogP contribution in [0.4, 0.5) is 0 Å². The molecule has 6 nitrogen and oxygen atoms in total. The number of rotatable bonds is 4. The Morgan fingerprint density at radius 1 is 1.28 bits per heavy atom. The van der Waals surface area contributed by atoms with Crippen LogP contribution in [0.1, 0.15) is 54.7 Å². The van der Waals surface area contributed by atoms with E-state index in [4.69, 9.17) is 4.74 Å². The molecule has 1 aliphatic heterocycles. The summed E-state index contributed by atoms with van der Waals surface area (Å²) in [6, 6.07) is 7.66. The zero-order valence-corrected chi connectivity index (χ0v) is 15.4. The predicted molar refractivity (Wildman–Crippen MR) is 95.9 cm³/mol. The van der Waals surface area contributed by atoms with Crippen molar-refractivity contribution in [1.29, 1.82) is 0 Å². The molecule has 25 heavy (non-hydrogen) atoms. The zero-order chi connectivity index (χ0) is 18.0. The van der Waals surface area contributed by atoms with Crippen molar-refractivity contribution in [3.8, 4) is 5.75 Å². The summed E-state index contributed by atoms with van der Waals surface area (Å²) < 4.78 is 7.78. The zero-order valence-electron chi connectivity index (χ0n) is 15.4. The summed E-state index contributed by atoms with van der Waals surface area (Å²) in [6.07, 6.45) is 2.00. The second kappa shape index (κ2) is 7.25. The smallest absolute Gasteiger partial charge is 0.257 e. The molecule has 0 spiro atoms. The third kappa shape index (κ3) is 3.83. The van der Waals surface area contributed by atoms with Crippen molar-refractivity contribution in [3.05, 3.63) is 41.5 Å². The summed E-state index contributed by atoms with van der Waals surface area (Å²) in [5, 5.41) is 4.50. The van der Waals surface area contributed by atoms with Gasteiger partial charge in [0, 0.05) is 13.1 Å². The molecule has 0 radical (unpaired) electrons. The number of nitrogens with zero attached hydrogens (tertiary/aromatic N) is 4. The van der Waals surface area contributed by atoms with E-state index in [0.717, 1.165) is 31.0 Å². The van der Waals surface area contributed by atoms with Crippen LogP contribution in [-0.2, 0) is 0 Å². The van der Waals surface area contributed by atoms with Gasteiger partial charge in [-0.15, -0.1) is 0 Å². The topological polar surface area (TPSA) is 60.2 Å². The Labute approximate surface area is 148 Å². The molecule has 0 saturated carbocycles. The first kappa shape index (κ1) is 17.5. The van der Waals surface area contributed by atoms with Gasteiger partial charge in [0.25, 0.3) is 5.91 Å². The van der Waals surface area contributed by atoms with Gasteiger partial charge in [-0.3, -0.25) is 4.79 Å². The standard InChI is InChI=1S/C19H26N4O2/c1-13(2)25-18-10-6-5-9-17(18)19(24)22-11-7-8-16(12-22)23-15(4)20-14(3)21-23/h5-6,9-10,13,16H,7-8,11-12H2,1-4H3/t16-/m0/s1. The molecule has 0 N–H and O–H groups in total. The van der Waals surface area contributed by atoms with Gasteiger partial charge < -0.3 is 9.64 Å². The maximum absolute atomic E-state index is 13.1. The van der Waals surface area contributed by atoms with Crippen LogP contribution in [0.25, 0.3) is 0 Å². The molecule has 2 heterocycles. The highest BCUT2D eigenvalue weighted by molar-refractivity contribution is 5.97. The van der Waals surface area contributed by atoms with Crippen molar-refractivity contribution < 1.29 is 9.53 Å². The molecule has 1 aromatic heterocycles. The fraction of sp³-hybridized carbons (Fsp3) is 0.526. The van der Waals surface area contributed by atoms with Gasteiger partial charge in [-0.1, -0.05) is 12.1 Å². The molecule has 1 fully saturated rings. The lowest BCUT2D eigenvalue weighted by Crippen LogP contribution is -2.41. The highest BCUT2D eigenvalue weighted by Gasteiger charge is 2.28. The molecule has 0 unspecified atom stereocenters. The number of ether oxygens (including phenoxy) is 1. The maximum Gasteiger partial charge on any atom is 0.257 e. The van der Waals surface area contributed by atoms with E-state index in [9.17, 15) is 4.79 Å². The lowest BCUT2D eigenvalue weighted by molar-refractivity contribution is 0.0665. The third-order valence-electron chi connectivity index (χ3n) is 4.42.